The van der Waals surface area contributed by atoms with E-state index in [1.807, 2.05) is 49.4 Å². The number of hydrogen-bond acceptors (Lipinski definition) is 5. The van der Waals surface area contributed by atoms with Crippen LogP contribution < -0.4 is 14.4 Å². The van der Waals surface area contributed by atoms with Gasteiger partial charge < -0.3 is 19.6 Å². The Morgan fingerprint density at radius 1 is 0.914 bits per heavy atom. The molecule has 5 rings (SSSR count). The van der Waals surface area contributed by atoms with Crippen LogP contribution in [0.5, 0.6) is 11.5 Å². The molecule has 0 bridgehead atoms. The number of aryl methyl sites for hydroxylation is 1. The van der Waals surface area contributed by atoms with E-state index >= 15 is 0 Å². The molecule has 7 heteroatoms. The number of carbonyl (C=O) groups is 2. The summed E-state index contributed by atoms with van der Waals surface area (Å²) in [6.07, 6.45) is 1.78. The van der Waals surface area contributed by atoms with Gasteiger partial charge in [0.2, 0.25) is 0 Å². The number of Topliss-reactive ketones (excluding diaryl/α,β-unsaturated/α-hetero) is 1. The van der Waals surface area contributed by atoms with Crippen LogP contribution in [-0.2, 0) is 9.59 Å². The summed E-state index contributed by atoms with van der Waals surface area (Å²) < 4.78 is 10.9. The number of aromatic amines is 1. The molecule has 4 aromatic rings. The van der Waals surface area contributed by atoms with Gasteiger partial charge in [0.25, 0.3) is 11.7 Å². The van der Waals surface area contributed by atoms with Gasteiger partial charge in [0, 0.05) is 28.4 Å². The van der Waals surface area contributed by atoms with Crippen LogP contribution in [-0.4, -0.2) is 36.0 Å². The van der Waals surface area contributed by atoms with E-state index in [-0.39, 0.29) is 16.9 Å². The van der Waals surface area contributed by atoms with Crippen molar-refractivity contribution in [2.75, 3.05) is 19.1 Å². The van der Waals surface area contributed by atoms with Crippen LogP contribution in [0, 0.1) is 6.92 Å². The number of anilines is 1. The number of aromatic nitrogens is 1. The number of aliphatic hydroxyl groups excluding tert-OH is 1. The lowest BCUT2D eigenvalue weighted by atomic mass is 9.94. The van der Waals surface area contributed by atoms with Crippen LogP contribution in [0.2, 0.25) is 0 Å². The molecule has 0 aliphatic carbocycles. The number of nitrogens with one attached hydrogen (secondary N) is 1. The molecule has 3 aromatic carbocycles. The summed E-state index contributed by atoms with van der Waals surface area (Å²) in [4.78, 5) is 31.8. The van der Waals surface area contributed by atoms with Gasteiger partial charge in [-0.15, -0.1) is 0 Å². The largest absolute Gasteiger partial charge is 0.506 e. The van der Waals surface area contributed by atoms with Crippen molar-refractivity contribution in [2.24, 2.45) is 0 Å². The number of ketones is 1. The van der Waals surface area contributed by atoms with Crippen molar-refractivity contribution in [3.05, 3.63) is 95.2 Å². The highest BCUT2D eigenvalue weighted by molar-refractivity contribution is 6.52. The molecule has 2 heterocycles. The zero-order valence-electron chi connectivity index (χ0n) is 19.5. The van der Waals surface area contributed by atoms with E-state index in [1.54, 1.807) is 30.5 Å². The molecule has 1 aliphatic rings. The summed E-state index contributed by atoms with van der Waals surface area (Å²) in [5.74, 6) is -1.22. The lowest BCUT2D eigenvalue weighted by molar-refractivity contribution is -0.132. The third-order valence-electron chi connectivity index (χ3n) is 6.40. The molecule has 7 nitrogen and oxygen atoms in total. The summed E-state index contributed by atoms with van der Waals surface area (Å²) in [7, 11) is 2.93. The standard InChI is InChI=1S/C28H24N2O5/c1-16-9-4-7-12-20(16)30-25(18-15-29-19-11-6-5-10-17(18)19)24(27(32)28(30)33)26(31)23-21(34-2)13-8-14-22(23)35-3/h4-15,25,29,31H,1-3H3/b26-24+. The van der Waals surface area contributed by atoms with E-state index in [1.165, 1.54) is 19.1 Å². The minimum Gasteiger partial charge on any atom is -0.506 e. The monoisotopic (exact) mass is 468 g/mol. The molecule has 1 amide bonds. The van der Waals surface area contributed by atoms with Crippen LogP contribution in [0.15, 0.2) is 78.5 Å². The third kappa shape index (κ3) is 3.44. The Labute approximate surface area is 202 Å². The molecule has 1 saturated heterocycles. The van der Waals surface area contributed by atoms with Crippen molar-refractivity contribution in [3.8, 4) is 11.5 Å². The predicted molar refractivity (Wildman–Crippen MR) is 134 cm³/mol. The third-order valence-corrected chi connectivity index (χ3v) is 6.40. The zero-order valence-corrected chi connectivity index (χ0v) is 19.5. The highest BCUT2D eigenvalue weighted by atomic mass is 16.5. The van der Waals surface area contributed by atoms with Crippen LogP contribution in [0.4, 0.5) is 5.69 Å². The van der Waals surface area contributed by atoms with Crippen LogP contribution in [0.3, 0.4) is 0 Å². The fraction of sp³-hybridized carbons (Fsp3) is 0.143. The Hall–Kier alpha value is -4.52. The second kappa shape index (κ2) is 8.68. The highest BCUT2D eigenvalue weighted by Gasteiger charge is 2.48. The van der Waals surface area contributed by atoms with E-state index in [0.717, 1.165) is 16.5 Å². The molecule has 0 saturated carbocycles. The fourth-order valence-electron chi connectivity index (χ4n) is 4.75. The van der Waals surface area contributed by atoms with E-state index in [4.69, 9.17) is 9.47 Å². The highest BCUT2D eigenvalue weighted by Crippen LogP contribution is 2.47. The Morgan fingerprint density at radius 3 is 2.26 bits per heavy atom. The smallest absolute Gasteiger partial charge is 0.300 e. The SMILES string of the molecule is COc1cccc(OC)c1/C(O)=C1\C(=O)C(=O)N(c2ccccc2C)C1c1c[nH]c2ccccc12. The fourth-order valence-corrected chi connectivity index (χ4v) is 4.75. The molecule has 0 radical (unpaired) electrons. The molecule has 1 atom stereocenters. The first kappa shape index (κ1) is 22.3. The maximum Gasteiger partial charge on any atom is 0.300 e. The molecule has 1 aromatic heterocycles. The number of carbonyl (C=O) groups excluding carboxylic acids is 2. The van der Waals surface area contributed by atoms with Gasteiger partial charge in [0.15, 0.2) is 0 Å². The first-order valence-corrected chi connectivity index (χ1v) is 11.1. The molecule has 0 spiro atoms. The second-order valence-corrected chi connectivity index (χ2v) is 8.28. The maximum absolute atomic E-state index is 13.6. The average molecular weight is 469 g/mol. The molecule has 35 heavy (non-hydrogen) atoms. The number of nitrogens with zero attached hydrogens (tertiary/aromatic N) is 1. The maximum atomic E-state index is 13.6. The van der Waals surface area contributed by atoms with Gasteiger partial charge in [-0.2, -0.15) is 0 Å². The van der Waals surface area contributed by atoms with E-state index < -0.39 is 17.7 Å². The van der Waals surface area contributed by atoms with Crippen molar-refractivity contribution >= 4 is 34.0 Å². The first-order chi connectivity index (χ1) is 17.0. The Bertz CT molecular complexity index is 1480. The normalized spacial score (nSPS) is 17.2. The van der Waals surface area contributed by atoms with Crippen LogP contribution in [0.1, 0.15) is 22.7 Å². The van der Waals surface area contributed by atoms with E-state index in [2.05, 4.69) is 4.98 Å². The van der Waals surface area contributed by atoms with E-state index in [9.17, 15) is 14.7 Å². The molecule has 176 valence electrons. The number of ether oxygens (including phenoxy) is 2. The molecule has 1 aliphatic heterocycles. The van der Waals surface area contributed by atoms with Crippen molar-refractivity contribution < 1.29 is 24.2 Å². The van der Waals surface area contributed by atoms with E-state index in [0.29, 0.717) is 22.7 Å². The number of amides is 1. The van der Waals surface area contributed by atoms with Gasteiger partial charge in [0.1, 0.15) is 22.8 Å². The molecule has 1 fully saturated rings. The lowest BCUT2D eigenvalue weighted by Crippen LogP contribution is -2.30. The number of hydrogen-bond donors (Lipinski definition) is 2. The predicted octanol–water partition coefficient (Wildman–Crippen LogP) is 5.12. The minimum atomic E-state index is -0.873. The number of para-hydroxylation sites is 2. The summed E-state index contributed by atoms with van der Waals surface area (Å²) >= 11 is 0. The average Bonchev–Trinajstić information content (AvgIpc) is 3.42. The number of aliphatic hydroxyl groups is 1. The molecular weight excluding hydrogens is 444 g/mol. The van der Waals surface area contributed by atoms with Crippen molar-refractivity contribution in [2.45, 2.75) is 13.0 Å². The Kier molecular flexibility index (Phi) is 5.53. The topological polar surface area (TPSA) is 91.9 Å². The second-order valence-electron chi connectivity index (χ2n) is 8.28. The van der Waals surface area contributed by atoms with Gasteiger partial charge in [-0.25, -0.2) is 0 Å². The number of benzene rings is 3. The van der Waals surface area contributed by atoms with Crippen LogP contribution in [0.25, 0.3) is 16.7 Å². The lowest BCUT2D eigenvalue weighted by Gasteiger charge is -2.26. The summed E-state index contributed by atoms with van der Waals surface area (Å²) in [6.45, 7) is 1.88. The Morgan fingerprint density at radius 2 is 1.57 bits per heavy atom. The zero-order chi connectivity index (χ0) is 24.7. The molecular formula is C28H24N2O5. The first-order valence-electron chi connectivity index (χ1n) is 11.1. The minimum absolute atomic E-state index is 0.0363. The molecule has 2 N–H and O–H groups in total. The summed E-state index contributed by atoms with van der Waals surface area (Å²) in [6, 6.07) is 19.2. The number of rotatable bonds is 5. The van der Waals surface area contributed by atoms with Gasteiger partial charge in [-0.05, 0) is 36.8 Å². The number of fused-ring (bicyclic) bond motifs is 1. The van der Waals surface area contributed by atoms with Crippen molar-refractivity contribution in [1.82, 2.24) is 4.98 Å². The number of H-pyrrole nitrogens is 1. The van der Waals surface area contributed by atoms with Crippen LogP contribution >= 0.6 is 0 Å². The quantitative estimate of drug-likeness (QED) is 0.241. The Balaban J connectivity index is 1.85. The van der Waals surface area contributed by atoms with Gasteiger partial charge in [-0.1, -0.05) is 42.5 Å². The summed E-state index contributed by atoms with van der Waals surface area (Å²) in [5, 5.41) is 12.5. The summed E-state index contributed by atoms with van der Waals surface area (Å²) in [5.41, 5.74) is 3.15. The number of methoxy groups -OCH3 is 2. The van der Waals surface area contributed by atoms with Gasteiger partial charge in [-0.3, -0.25) is 14.5 Å². The van der Waals surface area contributed by atoms with Gasteiger partial charge in [0.05, 0.1) is 25.8 Å². The van der Waals surface area contributed by atoms with Gasteiger partial charge >= 0.3 is 0 Å². The van der Waals surface area contributed by atoms with Crippen molar-refractivity contribution in [1.29, 1.82) is 0 Å². The molecule has 1 unspecified atom stereocenters. The van der Waals surface area contributed by atoms with Crippen molar-refractivity contribution in [3.63, 3.8) is 0 Å².